The third-order valence-corrected chi connectivity index (χ3v) is 5.68. The number of ether oxygens (including phenoxy) is 1. The number of carbonyl (C=O) groups excluding carboxylic acids is 1. The van der Waals surface area contributed by atoms with Gasteiger partial charge in [0.1, 0.15) is 0 Å². The molecular formula is C19H26N2O2. The molecule has 1 unspecified atom stereocenters. The van der Waals surface area contributed by atoms with Crippen molar-refractivity contribution < 1.29 is 9.53 Å². The summed E-state index contributed by atoms with van der Waals surface area (Å²) in [6, 6.07) is 9.70. The van der Waals surface area contributed by atoms with Crippen molar-refractivity contribution in [2.24, 2.45) is 11.8 Å². The van der Waals surface area contributed by atoms with Crippen LogP contribution in [0.4, 0.5) is 0 Å². The maximum atomic E-state index is 12.6. The van der Waals surface area contributed by atoms with Gasteiger partial charge in [-0.3, -0.25) is 4.79 Å². The lowest BCUT2D eigenvalue weighted by molar-refractivity contribution is 0.0506. The molecule has 1 amide bonds. The Kier molecular flexibility index (Phi) is 4.36. The smallest absolute Gasteiger partial charge is 0.253 e. The number of fused-ring (bicyclic) bond motifs is 1. The fourth-order valence-corrected chi connectivity index (χ4v) is 4.42. The van der Waals surface area contributed by atoms with Crippen LogP contribution < -0.4 is 0 Å². The molecule has 0 aromatic heterocycles. The highest BCUT2D eigenvalue weighted by Gasteiger charge is 2.39. The molecular weight excluding hydrogens is 288 g/mol. The Morgan fingerprint density at radius 1 is 1.09 bits per heavy atom. The van der Waals surface area contributed by atoms with E-state index in [1.165, 1.54) is 19.3 Å². The molecule has 3 aliphatic heterocycles. The molecule has 4 heteroatoms. The summed E-state index contributed by atoms with van der Waals surface area (Å²) in [5, 5.41) is 0. The fraction of sp³-hybridized carbons (Fsp3) is 0.632. The van der Waals surface area contributed by atoms with Gasteiger partial charge in [0.2, 0.25) is 0 Å². The van der Waals surface area contributed by atoms with Gasteiger partial charge in [0.25, 0.3) is 5.91 Å². The first kappa shape index (κ1) is 15.2. The van der Waals surface area contributed by atoms with Crippen molar-refractivity contribution in [3.05, 3.63) is 35.9 Å². The first-order valence-corrected chi connectivity index (χ1v) is 8.98. The third-order valence-electron chi connectivity index (χ3n) is 5.68. The summed E-state index contributed by atoms with van der Waals surface area (Å²) < 4.78 is 5.78. The SMILES string of the molecule is O=C(c1ccccc1)N1C[C@H]2CCN(CC3CCCO3)C[C@H]2C1. The van der Waals surface area contributed by atoms with Gasteiger partial charge in [0, 0.05) is 38.3 Å². The van der Waals surface area contributed by atoms with Gasteiger partial charge in [-0.25, -0.2) is 0 Å². The van der Waals surface area contributed by atoms with Crippen molar-refractivity contribution in [1.29, 1.82) is 0 Å². The van der Waals surface area contributed by atoms with Gasteiger partial charge in [0.05, 0.1) is 6.10 Å². The molecule has 1 aromatic carbocycles. The second-order valence-corrected chi connectivity index (χ2v) is 7.28. The van der Waals surface area contributed by atoms with E-state index in [-0.39, 0.29) is 5.91 Å². The number of hydrogen-bond donors (Lipinski definition) is 0. The zero-order valence-electron chi connectivity index (χ0n) is 13.7. The Morgan fingerprint density at radius 3 is 2.70 bits per heavy atom. The molecule has 4 rings (SSSR count). The largest absolute Gasteiger partial charge is 0.377 e. The minimum Gasteiger partial charge on any atom is -0.377 e. The predicted molar refractivity (Wildman–Crippen MR) is 89.4 cm³/mol. The summed E-state index contributed by atoms with van der Waals surface area (Å²) in [6.45, 7) is 6.16. The standard InChI is InChI=1S/C19H26N2O2/c22-19(15-5-2-1-3-6-15)21-12-16-8-9-20(11-17(16)13-21)14-18-7-4-10-23-18/h1-3,5-6,16-18H,4,7-14H2/t16-,17+,18?/m1/s1. The summed E-state index contributed by atoms with van der Waals surface area (Å²) in [4.78, 5) is 17.3. The zero-order valence-corrected chi connectivity index (χ0v) is 13.7. The van der Waals surface area contributed by atoms with Crippen LogP contribution in [0.2, 0.25) is 0 Å². The van der Waals surface area contributed by atoms with Crippen LogP contribution in [0.1, 0.15) is 29.6 Å². The van der Waals surface area contributed by atoms with Crippen LogP contribution in [0, 0.1) is 11.8 Å². The van der Waals surface area contributed by atoms with Crippen molar-refractivity contribution in [1.82, 2.24) is 9.80 Å². The van der Waals surface area contributed by atoms with Crippen LogP contribution in [-0.4, -0.2) is 61.1 Å². The van der Waals surface area contributed by atoms with Crippen LogP contribution in [0.3, 0.4) is 0 Å². The number of rotatable bonds is 3. The molecule has 4 nitrogen and oxygen atoms in total. The summed E-state index contributed by atoms with van der Waals surface area (Å²) in [5.74, 6) is 1.52. The van der Waals surface area contributed by atoms with E-state index in [4.69, 9.17) is 4.74 Å². The van der Waals surface area contributed by atoms with Crippen molar-refractivity contribution in [2.75, 3.05) is 39.3 Å². The average molecular weight is 314 g/mol. The Morgan fingerprint density at radius 2 is 1.91 bits per heavy atom. The molecule has 0 aliphatic carbocycles. The number of likely N-dealkylation sites (tertiary alicyclic amines) is 2. The number of nitrogens with zero attached hydrogens (tertiary/aromatic N) is 2. The maximum absolute atomic E-state index is 12.6. The van der Waals surface area contributed by atoms with E-state index >= 15 is 0 Å². The van der Waals surface area contributed by atoms with E-state index in [0.29, 0.717) is 17.9 Å². The molecule has 124 valence electrons. The quantitative estimate of drug-likeness (QED) is 0.858. The van der Waals surface area contributed by atoms with Gasteiger partial charge in [-0.05, 0) is 49.8 Å². The Bertz CT molecular complexity index is 542. The molecule has 23 heavy (non-hydrogen) atoms. The van der Waals surface area contributed by atoms with E-state index in [9.17, 15) is 4.79 Å². The van der Waals surface area contributed by atoms with Crippen LogP contribution >= 0.6 is 0 Å². The highest BCUT2D eigenvalue weighted by atomic mass is 16.5. The molecule has 0 N–H and O–H groups in total. The lowest BCUT2D eigenvalue weighted by Gasteiger charge is -2.35. The monoisotopic (exact) mass is 314 g/mol. The van der Waals surface area contributed by atoms with Crippen molar-refractivity contribution in [3.63, 3.8) is 0 Å². The minimum atomic E-state index is 0.200. The first-order chi connectivity index (χ1) is 11.3. The maximum Gasteiger partial charge on any atom is 0.253 e. The van der Waals surface area contributed by atoms with E-state index in [2.05, 4.69) is 9.80 Å². The van der Waals surface area contributed by atoms with E-state index < -0.39 is 0 Å². The van der Waals surface area contributed by atoms with Crippen molar-refractivity contribution in [3.8, 4) is 0 Å². The van der Waals surface area contributed by atoms with Gasteiger partial charge in [-0.2, -0.15) is 0 Å². The van der Waals surface area contributed by atoms with Crippen LogP contribution in [-0.2, 0) is 4.74 Å². The summed E-state index contributed by atoms with van der Waals surface area (Å²) in [7, 11) is 0. The summed E-state index contributed by atoms with van der Waals surface area (Å²) >= 11 is 0. The molecule has 3 saturated heterocycles. The second kappa shape index (κ2) is 6.62. The van der Waals surface area contributed by atoms with Crippen molar-refractivity contribution in [2.45, 2.75) is 25.4 Å². The van der Waals surface area contributed by atoms with Gasteiger partial charge >= 0.3 is 0 Å². The first-order valence-electron chi connectivity index (χ1n) is 8.98. The van der Waals surface area contributed by atoms with Crippen LogP contribution in [0.15, 0.2) is 30.3 Å². The number of piperidine rings is 1. The molecule has 1 aromatic rings. The lowest BCUT2D eigenvalue weighted by atomic mass is 9.88. The number of carbonyl (C=O) groups is 1. The summed E-state index contributed by atoms with van der Waals surface area (Å²) in [6.07, 6.45) is 4.08. The molecule has 3 aliphatic rings. The zero-order chi connectivity index (χ0) is 15.6. The van der Waals surface area contributed by atoms with Crippen molar-refractivity contribution >= 4 is 5.91 Å². The Hall–Kier alpha value is -1.39. The van der Waals surface area contributed by atoms with Gasteiger partial charge < -0.3 is 14.5 Å². The highest BCUT2D eigenvalue weighted by Crippen LogP contribution is 2.32. The number of benzene rings is 1. The number of amides is 1. The predicted octanol–water partition coefficient (Wildman–Crippen LogP) is 2.26. The van der Waals surface area contributed by atoms with Gasteiger partial charge in [-0.1, -0.05) is 18.2 Å². The topological polar surface area (TPSA) is 32.8 Å². The molecule has 0 saturated carbocycles. The molecule has 0 spiro atoms. The van der Waals surface area contributed by atoms with Crippen LogP contribution in [0.5, 0.6) is 0 Å². The molecule has 0 radical (unpaired) electrons. The van der Waals surface area contributed by atoms with Gasteiger partial charge in [-0.15, -0.1) is 0 Å². The van der Waals surface area contributed by atoms with E-state index in [0.717, 1.165) is 44.9 Å². The van der Waals surface area contributed by atoms with Gasteiger partial charge in [0.15, 0.2) is 0 Å². The normalized spacial score (nSPS) is 31.3. The molecule has 3 heterocycles. The highest BCUT2D eigenvalue weighted by molar-refractivity contribution is 5.94. The third kappa shape index (κ3) is 3.29. The molecule has 0 bridgehead atoms. The lowest BCUT2D eigenvalue weighted by Crippen LogP contribution is -2.43. The average Bonchev–Trinajstić information content (AvgIpc) is 3.24. The fourth-order valence-electron chi connectivity index (χ4n) is 4.42. The molecule has 3 atom stereocenters. The van der Waals surface area contributed by atoms with E-state index in [1.807, 2.05) is 30.3 Å². The second-order valence-electron chi connectivity index (χ2n) is 7.28. The van der Waals surface area contributed by atoms with Crippen LogP contribution in [0.25, 0.3) is 0 Å². The molecule has 3 fully saturated rings. The van der Waals surface area contributed by atoms with E-state index in [1.54, 1.807) is 0 Å². The minimum absolute atomic E-state index is 0.200. The Labute approximate surface area is 138 Å². The summed E-state index contributed by atoms with van der Waals surface area (Å²) in [5.41, 5.74) is 0.822. The number of hydrogen-bond acceptors (Lipinski definition) is 3. The Balaban J connectivity index is 1.35.